The van der Waals surface area contributed by atoms with Gasteiger partial charge in [0.15, 0.2) is 0 Å². The average Bonchev–Trinajstić information content (AvgIpc) is 1.84. The van der Waals surface area contributed by atoms with E-state index in [1.54, 1.807) is 0 Å². The SMILES string of the molecule is C=C(C(=O)OC)N(C)[NH-]. The third-order valence-corrected chi connectivity index (χ3v) is 0.826. The van der Waals surface area contributed by atoms with Gasteiger partial charge in [0.1, 0.15) is 0 Å². The zero-order valence-corrected chi connectivity index (χ0v) is 5.47. The lowest BCUT2D eigenvalue weighted by Gasteiger charge is -2.22. The summed E-state index contributed by atoms with van der Waals surface area (Å²) in [4.78, 5) is 10.5. The van der Waals surface area contributed by atoms with Gasteiger partial charge in [0, 0.05) is 0 Å². The summed E-state index contributed by atoms with van der Waals surface area (Å²) in [6, 6.07) is 0. The fourth-order valence-corrected chi connectivity index (χ4v) is 0.255. The third-order valence-electron chi connectivity index (χ3n) is 0.826. The Labute approximate surface area is 53.9 Å². The molecule has 0 aliphatic carbocycles. The van der Waals surface area contributed by atoms with Crippen molar-refractivity contribution in [3.05, 3.63) is 18.1 Å². The Kier molecular flexibility index (Phi) is 2.73. The number of carbonyl (C=O) groups excluding carboxylic acids is 1. The summed E-state index contributed by atoms with van der Waals surface area (Å²) in [6.45, 7) is 3.29. The Morgan fingerprint density at radius 1 is 1.78 bits per heavy atom. The molecule has 0 amide bonds. The minimum atomic E-state index is -0.576. The van der Waals surface area contributed by atoms with Crippen LogP contribution in [0.2, 0.25) is 0 Å². The Balaban J connectivity index is 3.89. The molecule has 52 valence electrons. The maximum atomic E-state index is 10.5. The lowest BCUT2D eigenvalue weighted by atomic mass is 10.5. The van der Waals surface area contributed by atoms with Crippen molar-refractivity contribution in [3.8, 4) is 0 Å². The van der Waals surface area contributed by atoms with Gasteiger partial charge in [-0.15, -0.1) is 0 Å². The van der Waals surface area contributed by atoms with Crippen molar-refractivity contribution in [1.29, 1.82) is 0 Å². The third kappa shape index (κ3) is 2.14. The predicted octanol–water partition coefficient (Wildman–Crippen LogP) is 0.572. The number of hydrogen-bond acceptors (Lipinski definition) is 3. The smallest absolute Gasteiger partial charge is 0.352 e. The molecule has 0 aromatic heterocycles. The largest absolute Gasteiger partial charge is 0.583 e. The molecule has 0 heterocycles. The molecule has 0 saturated carbocycles. The van der Waals surface area contributed by atoms with Gasteiger partial charge in [0.2, 0.25) is 0 Å². The van der Waals surface area contributed by atoms with E-state index in [1.807, 2.05) is 0 Å². The molecule has 0 unspecified atom stereocenters. The monoisotopic (exact) mass is 129 g/mol. The number of carbonyl (C=O) groups is 1. The Bertz CT molecular complexity index is 131. The topological polar surface area (TPSA) is 53.3 Å². The molecule has 0 aliphatic heterocycles. The molecule has 4 heteroatoms. The van der Waals surface area contributed by atoms with Crippen LogP contribution >= 0.6 is 0 Å². The minimum Gasteiger partial charge on any atom is -0.583 e. The number of esters is 1. The molecule has 0 saturated heterocycles. The average molecular weight is 129 g/mol. The van der Waals surface area contributed by atoms with Crippen molar-refractivity contribution in [1.82, 2.24) is 5.01 Å². The Hall–Kier alpha value is -1.03. The highest BCUT2D eigenvalue weighted by Gasteiger charge is 2.02. The fraction of sp³-hybridized carbons (Fsp3) is 0.400. The molecule has 0 atom stereocenters. The van der Waals surface area contributed by atoms with Crippen molar-refractivity contribution < 1.29 is 9.53 Å². The van der Waals surface area contributed by atoms with Gasteiger partial charge in [0.05, 0.1) is 12.8 Å². The van der Waals surface area contributed by atoms with E-state index in [0.29, 0.717) is 0 Å². The summed E-state index contributed by atoms with van der Waals surface area (Å²) in [6.07, 6.45) is 0. The molecule has 0 aromatic rings. The first-order chi connectivity index (χ1) is 4.09. The Morgan fingerprint density at radius 2 is 2.22 bits per heavy atom. The van der Waals surface area contributed by atoms with Crippen LogP contribution in [0.1, 0.15) is 0 Å². The molecule has 0 bridgehead atoms. The van der Waals surface area contributed by atoms with E-state index >= 15 is 0 Å². The van der Waals surface area contributed by atoms with Crippen molar-refractivity contribution in [2.75, 3.05) is 14.2 Å². The molecule has 1 N–H and O–H groups in total. The van der Waals surface area contributed by atoms with Gasteiger partial charge in [0.25, 0.3) is 0 Å². The van der Waals surface area contributed by atoms with E-state index in [-0.39, 0.29) is 5.70 Å². The van der Waals surface area contributed by atoms with Crippen molar-refractivity contribution >= 4 is 5.97 Å². The number of likely N-dealkylation sites (N-methyl/N-ethyl adjacent to an activating group) is 1. The molecule has 9 heavy (non-hydrogen) atoms. The van der Waals surface area contributed by atoms with Crippen LogP contribution in [-0.4, -0.2) is 25.1 Å². The highest BCUT2D eigenvalue weighted by atomic mass is 16.5. The van der Waals surface area contributed by atoms with Crippen molar-refractivity contribution in [2.45, 2.75) is 0 Å². The molecule has 0 rings (SSSR count). The van der Waals surface area contributed by atoms with Crippen LogP contribution in [0.3, 0.4) is 0 Å². The lowest BCUT2D eigenvalue weighted by Crippen LogP contribution is -2.16. The van der Waals surface area contributed by atoms with Crippen LogP contribution in [0.25, 0.3) is 5.84 Å². The summed E-state index contributed by atoms with van der Waals surface area (Å²) in [5.74, 6) is 6.27. The van der Waals surface area contributed by atoms with Gasteiger partial charge in [-0.1, -0.05) is 6.58 Å². The number of methoxy groups -OCH3 is 1. The van der Waals surface area contributed by atoms with Gasteiger partial charge in [-0.25, -0.2) is 4.79 Å². The summed E-state index contributed by atoms with van der Waals surface area (Å²) in [7, 11) is 2.65. The molecule has 0 aromatic carbocycles. The van der Waals surface area contributed by atoms with Crippen LogP contribution in [0.15, 0.2) is 12.3 Å². The van der Waals surface area contributed by atoms with E-state index in [4.69, 9.17) is 5.84 Å². The number of nitrogens with one attached hydrogen (secondary N) is 1. The maximum Gasteiger partial charge on any atom is 0.352 e. The standard InChI is InChI=1S/C5H9N2O2/c1-4(7(2)6)5(8)9-3/h6H,1H2,2-3H3/q-1. The van der Waals surface area contributed by atoms with Crippen LogP contribution in [0, 0.1) is 0 Å². The van der Waals surface area contributed by atoms with Crippen LogP contribution in [0.4, 0.5) is 0 Å². The van der Waals surface area contributed by atoms with E-state index in [1.165, 1.54) is 14.2 Å². The van der Waals surface area contributed by atoms with E-state index in [2.05, 4.69) is 11.3 Å². The molecule has 0 fully saturated rings. The van der Waals surface area contributed by atoms with E-state index < -0.39 is 5.97 Å². The number of rotatable bonds is 2. The first-order valence-corrected chi connectivity index (χ1v) is 2.31. The summed E-state index contributed by atoms with van der Waals surface area (Å²) in [5.41, 5.74) is 0.0255. The van der Waals surface area contributed by atoms with Crippen molar-refractivity contribution in [3.63, 3.8) is 0 Å². The van der Waals surface area contributed by atoms with Crippen LogP contribution < -0.4 is 0 Å². The zero-order chi connectivity index (χ0) is 7.44. The second kappa shape index (κ2) is 3.09. The quantitative estimate of drug-likeness (QED) is 0.311. The molecule has 0 spiro atoms. The zero-order valence-electron chi connectivity index (χ0n) is 5.47. The van der Waals surface area contributed by atoms with Crippen molar-refractivity contribution in [2.24, 2.45) is 0 Å². The van der Waals surface area contributed by atoms with Gasteiger partial charge < -0.3 is 15.6 Å². The lowest BCUT2D eigenvalue weighted by molar-refractivity contribution is -0.137. The molecule has 0 radical (unpaired) electrons. The summed E-state index contributed by atoms with van der Waals surface area (Å²) >= 11 is 0. The van der Waals surface area contributed by atoms with E-state index in [0.717, 1.165) is 5.01 Å². The first-order valence-electron chi connectivity index (χ1n) is 2.31. The molecular formula is C5H9N2O2-. The van der Waals surface area contributed by atoms with Crippen LogP contribution in [0.5, 0.6) is 0 Å². The van der Waals surface area contributed by atoms with E-state index in [9.17, 15) is 4.79 Å². The minimum absolute atomic E-state index is 0.0255. The maximum absolute atomic E-state index is 10.5. The molecule has 0 aliphatic rings. The molecular weight excluding hydrogens is 120 g/mol. The second-order valence-electron chi connectivity index (χ2n) is 1.50. The number of hydrogen-bond donors (Lipinski definition) is 0. The number of nitrogens with zero attached hydrogens (tertiary/aromatic N) is 1. The van der Waals surface area contributed by atoms with Gasteiger partial charge in [-0.3, -0.25) is 0 Å². The summed E-state index contributed by atoms with van der Waals surface area (Å²) in [5, 5.41) is 0.853. The second-order valence-corrected chi connectivity index (χ2v) is 1.50. The van der Waals surface area contributed by atoms with Crippen LogP contribution in [-0.2, 0) is 9.53 Å². The van der Waals surface area contributed by atoms with Gasteiger partial charge >= 0.3 is 5.97 Å². The summed E-state index contributed by atoms with van der Waals surface area (Å²) < 4.78 is 4.27. The fourth-order valence-electron chi connectivity index (χ4n) is 0.255. The highest BCUT2D eigenvalue weighted by molar-refractivity contribution is 5.86. The predicted molar refractivity (Wildman–Crippen MR) is 33.2 cm³/mol. The van der Waals surface area contributed by atoms with Gasteiger partial charge in [-0.05, 0) is 7.05 Å². The number of ether oxygens (including phenoxy) is 1. The Morgan fingerprint density at radius 3 is 2.33 bits per heavy atom. The first kappa shape index (κ1) is 7.97. The van der Waals surface area contributed by atoms with Gasteiger partial charge in [-0.2, -0.15) is 0 Å². The molecule has 4 nitrogen and oxygen atoms in total. The normalized spacial score (nSPS) is 8.33. The highest BCUT2D eigenvalue weighted by Crippen LogP contribution is 1.97.